The van der Waals surface area contributed by atoms with Gasteiger partial charge in [-0.2, -0.15) is 0 Å². The molecule has 0 amide bonds. The van der Waals surface area contributed by atoms with E-state index in [0.717, 1.165) is 30.0 Å². The predicted octanol–water partition coefficient (Wildman–Crippen LogP) is 4.36. The molecule has 1 heterocycles. The van der Waals surface area contributed by atoms with Crippen molar-refractivity contribution in [2.24, 2.45) is 0 Å². The van der Waals surface area contributed by atoms with Crippen LogP contribution in [-0.4, -0.2) is 6.54 Å². The molecule has 1 N–H and O–H groups in total. The zero-order valence-electron chi connectivity index (χ0n) is 10.8. The summed E-state index contributed by atoms with van der Waals surface area (Å²) in [6, 6.07) is 9.51. The first kappa shape index (κ1) is 13.2. The van der Waals surface area contributed by atoms with Gasteiger partial charge < -0.3 is 5.32 Å². The van der Waals surface area contributed by atoms with Crippen LogP contribution in [0.1, 0.15) is 23.8 Å². The van der Waals surface area contributed by atoms with Crippen molar-refractivity contribution in [3.63, 3.8) is 0 Å². The van der Waals surface area contributed by atoms with Crippen LogP contribution in [0.3, 0.4) is 0 Å². The topological polar surface area (TPSA) is 12.0 Å². The molecule has 0 bridgehead atoms. The van der Waals surface area contributed by atoms with Gasteiger partial charge in [0.15, 0.2) is 0 Å². The summed E-state index contributed by atoms with van der Waals surface area (Å²) in [4.78, 5) is 2.20. The Labute approximate surface area is 112 Å². The van der Waals surface area contributed by atoms with Gasteiger partial charge in [0.2, 0.25) is 0 Å². The van der Waals surface area contributed by atoms with Crippen LogP contribution >= 0.6 is 11.3 Å². The molecule has 0 aliphatic heterocycles. The van der Waals surface area contributed by atoms with Gasteiger partial charge in [0.25, 0.3) is 0 Å². The fraction of sp³-hybridized carbons (Fsp3) is 0.333. The number of rotatable bonds is 5. The summed E-state index contributed by atoms with van der Waals surface area (Å²) >= 11 is 1.63. The van der Waals surface area contributed by atoms with Crippen molar-refractivity contribution in [2.45, 2.75) is 26.8 Å². The summed E-state index contributed by atoms with van der Waals surface area (Å²) in [5.41, 5.74) is 1.70. The number of nitrogens with one attached hydrogen (secondary N) is 1. The van der Waals surface area contributed by atoms with Crippen LogP contribution in [0.5, 0.6) is 0 Å². The van der Waals surface area contributed by atoms with Crippen molar-refractivity contribution in [1.29, 1.82) is 0 Å². The third-order valence-electron chi connectivity index (χ3n) is 2.80. The van der Waals surface area contributed by atoms with Gasteiger partial charge in [-0.3, -0.25) is 0 Å². The van der Waals surface area contributed by atoms with Gasteiger partial charge in [-0.1, -0.05) is 19.1 Å². The number of hydrogen-bond donors (Lipinski definition) is 1. The van der Waals surface area contributed by atoms with Gasteiger partial charge in [-0.15, -0.1) is 11.3 Å². The summed E-state index contributed by atoms with van der Waals surface area (Å²) in [5, 5.41) is 3.28. The highest BCUT2D eigenvalue weighted by atomic mass is 32.1. The first-order valence-corrected chi connectivity index (χ1v) is 7.08. The third kappa shape index (κ3) is 3.18. The highest BCUT2D eigenvalue weighted by Crippen LogP contribution is 2.30. The number of thiophene rings is 1. The zero-order chi connectivity index (χ0) is 13.0. The van der Waals surface area contributed by atoms with E-state index < -0.39 is 0 Å². The monoisotopic (exact) mass is 263 g/mol. The molecule has 96 valence electrons. The Kier molecular flexibility index (Phi) is 4.50. The van der Waals surface area contributed by atoms with E-state index in [-0.39, 0.29) is 5.82 Å². The minimum Gasteiger partial charge on any atom is -0.313 e. The Hall–Kier alpha value is -1.19. The fourth-order valence-corrected chi connectivity index (χ4v) is 2.75. The molecule has 1 aromatic heterocycles. The van der Waals surface area contributed by atoms with E-state index in [1.807, 2.05) is 31.2 Å². The van der Waals surface area contributed by atoms with Crippen molar-refractivity contribution >= 4 is 11.3 Å². The van der Waals surface area contributed by atoms with Crippen molar-refractivity contribution in [3.8, 4) is 10.4 Å². The Morgan fingerprint density at radius 3 is 2.67 bits per heavy atom. The molecular weight excluding hydrogens is 245 g/mol. The second-order valence-corrected chi connectivity index (χ2v) is 5.69. The Morgan fingerprint density at radius 2 is 2.06 bits per heavy atom. The molecule has 18 heavy (non-hydrogen) atoms. The normalized spacial score (nSPS) is 10.8. The van der Waals surface area contributed by atoms with Crippen LogP contribution in [0, 0.1) is 12.7 Å². The van der Waals surface area contributed by atoms with E-state index in [4.69, 9.17) is 0 Å². The molecule has 0 spiro atoms. The van der Waals surface area contributed by atoms with Crippen LogP contribution in [-0.2, 0) is 6.54 Å². The SMILES string of the molecule is CCCNCc1ccc(-c2ccc(C)s2)c(F)c1. The van der Waals surface area contributed by atoms with E-state index in [2.05, 4.69) is 12.2 Å². The van der Waals surface area contributed by atoms with Crippen LogP contribution < -0.4 is 5.32 Å². The number of benzene rings is 1. The smallest absolute Gasteiger partial charge is 0.132 e. The van der Waals surface area contributed by atoms with Gasteiger partial charge >= 0.3 is 0 Å². The van der Waals surface area contributed by atoms with E-state index in [9.17, 15) is 4.39 Å². The Morgan fingerprint density at radius 1 is 1.22 bits per heavy atom. The number of aryl methyl sites for hydroxylation is 1. The molecule has 1 aromatic carbocycles. The van der Waals surface area contributed by atoms with E-state index in [1.54, 1.807) is 17.4 Å². The summed E-state index contributed by atoms with van der Waals surface area (Å²) in [7, 11) is 0. The molecular formula is C15H18FNS. The molecule has 0 saturated carbocycles. The Balaban J connectivity index is 2.15. The minimum atomic E-state index is -0.132. The second-order valence-electron chi connectivity index (χ2n) is 4.40. The maximum absolute atomic E-state index is 14.0. The van der Waals surface area contributed by atoms with E-state index in [1.165, 1.54) is 4.88 Å². The summed E-state index contributed by atoms with van der Waals surface area (Å²) in [5.74, 6) is -0.132. The molecule has 0 fully saturated rings. The largest absolute Gasteiger partial charge is 0.313 e. The van der Waals surface area contributed by atoms with Crippen LogP contribution in [0.25, 0.3) is 10.4 Å². The minimum absolute atomic E-state index is 0.132. The average molecular weight is 263 g/mol. The van der Waals surface area contributed by atoms with E-state index in [0.29, 0.717) is 5.56 Å². The maximum Gasteiger partial charge on any atom is 0.132 e. The lowest BCUT2D eigenvalue weighted by molar-refractivity contribution is 0.622. The lowest BCUT2D eigenvalue weighted by Crippen LogP contribution is -2.13. The molecule has 0 atom stereocenters. The van der Waals surface area contributed by atoms with Crippen LogP contribution in [0.2, 0.25) is 0 Å². The van der Waals surface area contributed by atoms with Crippen molar-refractivity contribution in [2.75, 3.05) is 6.54 Å². The first-order chi connectivity index (χ1) is 8.70. The van der Waals surface area contributed by atoms with Crippen LogP contribution in [0.4, 0.5) is 4.39 Å². The van der Waals surface area contributed by atoms with Crippen molar-refractivity contribution < 1.29 is 4.39 Å². The number of hydrogen-bond acceptors (Lipinski definition) is 2. The van der Waals surface area contributed by atoms with Gasteiger partial charge in [-0.25, -0.2) is 4.39 Å². The van der Waals surface area contributed by atoms with Crippen molar-refractivity contribution in [3.05, 3.63) is 46.6 Å². The quantitative estimate of drug-likeness (QED) is 0.790. The third-order valence-corrected chi connectivity index (χ3v) is 3.83. The summed E-state index contributed by atoms with van der Waals surface area (Å²) < 4.78 is 14.0. The summed E-state index contributed by atoms with van der Waals surface area (Å²) in [6.07, 6.45) is 1.09. The highest BCUT2D eigenvalue weighted by Gasteiger charge is 2.07. The predicted molar refractivity (Wildman–Crippen MR) is 76.4 cm³/mol. The molecule has 0 unspecified atom stereocenters. The first-order valence-electron chi connectivity index (χ1n) is 6.26. The molecule has 3 heteroatoms. The maximum atomic E-state index is 14.0. The molecule has 2 rings (SSSR count). The average Bonchev–Trinajstić information content (AvgIpc) is 2.76. The van der Waals surface area contributed by atoms with Crippen LogP contribution in [0.15, 0.2) is 30.3 Å². The molecule has 0 radical (unpaired) electrons. The zero-order valence-corrected chi connectivity index (χ0v) is 11.6. The van der Waals surface area contributed by atoms with Gasteiger partial charge in [0, 0.05) is 21.9 Å². The second kappa shape index (κ2) is 6.12. The van der Waals surface area contributed by atoms with Gasteiger partial charge in [0.05, 0.1) is 0 Å². The lowest BCUT2D eigenvalue weighted by Gasteiger charge is -2.06. The molecule has 1 nitrogen and oxygen atoms in total. The summed E-state index contributed by atoms with van der Waals surface area (Å²) in [6.45, 7) is 5.85. The lowest BCUT2D eigenvalue weighted by atomic mass is 10.1. The van der Waals surface area contributed by atoms with E-state index >= 15 is 0 Å². The molecule has 0 aliphatic carbocycles. The number of halogens is 1. The molecule has 0 saturated heterocycles. The Bertz CT molecular complexity index is 519. The van der Waals surface area contributed by atoms with Gasteiger partial charge in [-0.05, 0) is 43.7 Å². The standard InChI is InChI=1S/C15H18FNS/c1-3-8-17-10-12-5-6-13(14(16)9-12)15-7-4-11(2)18-15/h4-7,9,17H,3,8,10H2,1-2H3. The molecule has 0 aliphatic rings. The fourth-order valence-electron chi connectivity index (χ4n) is 1.86. The van der Waals surface area contributed by atoms with Gasteiger partial charge in [0.1, 0.15) is 5.82 Å². The molecule has 2 aromatic rings. The highest BCUT2D eigenvalue weighted by molar-refractivity contribution is 7.15. The van der Waals surface area contributed by atoms with Crippen molar-refractivity contribution in [1.82, 2.24) is 5.32 Å².